The van der Waals surface area contributed by atoms with Crippen LogP contribution in [0.25, 0.3) is 0 Å². The maximum atomic E-state index is 12.4. The minimum Gasteiger partial charge on any atom is -0.345 e. The maximum absolute atomic E-state index is 12.4. The van der Waals surface area contributed by atoms with Crippen molar-refractivity contribution in [2.24, 2.45) is 7.05 Å². The molecule has 1 fully saturated rings. The predicted octanol–water partition coefficient (Wildman–Crippen LogP) is 0.933. The normalized spacial score (nSPS) is 16.1. The Bertz CT molecular complexity index is 636. The molecule has 0 N–H and O–H groups in total. The number of hydrogen-bond donors (Lipinski definition) is 0. The molecule has 1 amide bonds. The Labute approximate surface area is 127 Å². The molecule has 0 aliphatic carbocycles. The highest BCUT2D eigenvalue weighted by molar-refractivity contribution is 7.09. The van der Waals surface area contributed by atoms with Gasteiger partial charge >= 0.3 is 0 Å². The van der Waals surface area contributed by atoms with E-state index in [0.29, 0.717) is 12.2 Å². The van der Waals surface area contributed by atoms with E-state index in [4.69, 9.17) is 0 Å². The molecule has 0 bridgehead atoms. The van der Waals surface area contributed by atoms with Gasteiger partial charge in [-0.1, -0.05) is 0 Å². The summed E-state index contributed by atoms with van der Waals surface area (Å²) in [6.07, 6.45) is 2.72. The van der Waals surface area contributed by atoms with Gasteiger partial charge in [-0.05, 0) is 19.4 Å². The van der Waals surface area contributed by atoms with Gasteiger partial charge in [0.25, 0.3) is 5.91 Å². The number of carbonyl (C=O) groups excluding carboxylic acids is 1. The molecule has 0 aromatic carbocycles. The van der Waals surface area contributed by atoms with Crippen LogP contribution in [-0.2, 0) is 7.05 Å². The first-order chi connectivity index (χ1) is 10.1. The lowest BCUT2D eigenvalue weighted by Gasteiger charge is -2.20. The van der Waals surface area contributed by atoms with Gasteiger partial charge in [-0.3, -0.25) is 9.48 Å². The van der Waals surface area contributed by atoms with Crippen LogP contribution < -0.4 is 4.90 Å². The summed E-state index contributed by atoms with van der Waals surface area (Å²) < 4.78 is 5.88. The van der Waals surface area contributed by atoms with Crippen molar-refractivity contribution >= 4 is 22.6 Å². The molecular formula is C13H18N6OS. The number of nitrogens with zero attached hydrogens (tertiary/aromatic N) is 6. The number of amides is 1. The number of carbonyl (C=O) groups is 1. The Kier molecular flexibility index (Phi) is 3.87. The quantitative estimate of drug-likeness (QED) is 0.826. The van der Waals surface area contributed by atoms with Gasteiger partial charge in [0.1, 0.15) is 11.5 Å². The average molecular weight is 306 g/mol. The van der Waals surface area contributed by atoms with Gasteiger partial charge < -0.3 is 9.80 Å². The summed E-state index contributed by atoms with van der Waals surface area (Å²) in [7, 11) is 1.82. The largest absolute Gasteiger partial charge is 0.345 e. The van der Waals surface area contributed by atoms with Crippen LogP contribution in [0.4, 0.5) is 5.13 Å². The van der Waals surface area contributed by atoms with E-state index in [1.165, 1.54) is 11.5 Å². The second kappa shape index (κ2) is 5.80. The molecule has 0 unspecified atom stereocenters. The highest BCUT2D eigenvalue weighted by Crippen LogP contribution is 2.19. The van der Waals surface area contributed by atoms with Crippen molar-refractivity contribution < 1.29 is 4.79 Å². The van der Waals surface area contributed by atoms with E-state index in [-0.39, 0.29) is 5.91 Å². The molecule has 8 heteroatoms. The van der Waals surface area contributed by atoms with Gasteiger partial charge in [-0.15, -0.1) is 0 Å². The fourth-order valence-corrected chi connectivity index (χ4v) is 3.14. The number of hydrogen-bond acceptors (Lipinski definition) is 6. The predicted molar refractivity (Wildman–Crippen MR) is 80.6 cm³/mol. The zero-order valence-corrected chi connectivity index (χ0v) is 13.0. The molecule has 3 heterocycles. The Morgan fingerprint density at radius 3 is 2.81 bits per heavy atom. The van der Waals surface area contributed by atoms with Crippen LogP contribution in [0.5, 0.6) is 0 Å². The highest BCUT2D eigenvalue weighted by atomic mass is 32.1. The molecular weight excluding hydrogens is 288 g/mol. The van der Waals surface area contributed by atoms with Crippen molar-refractivity contribution in [3.05, 3.63) is 23.8 Å². The molecule has 1 aliphatic heterocycles. The van der Waals surface area contributed by atoms with E-state index in [1.54, 1.807) is 16.9 Å². The van der Waals surface area contributed by atoms with E-state index in [0.717, 1.165) is 37.0 Å². The van der Waals surface area contributed by atoms with Gasteiger partial charge in [0.2, 0.25) is 5.13 Å². The molecule has 112 valence electrons. The fraction of sp³-hybridized carbons (Fsp3) is 0.538. The minimum absolute atomic E-state index is 0.00546. The van der Waals surface area contributed by atoms with Crippen LogP contribution in [0, 0.1) is 6.92 Å². The van der Waals surface area contributed by atoms with Crippen molar-refractivity contribution in [1.82, 2.24) is 24.0 Å². The monoisotopic (exact) mass is 306 g/mol. The summed E-state index contributed by atoms with van der Waals surface area (Å²) in [5.74, 6) is 0.812. The molecule has 1 saturated heterocycles. The smallest absolute Gasteiger partial charge is 0.274 e. The SMILES string of the molecule is Cc1nsc(N2CCCN(C(=O)c3ccn(C)n3)CC2)n1. The van der Waals surface area contributed by atoms with Crippen molar-refractivity contribution in [1.29, 1.82) is 0 Å². The third-order valence-corrected chi connectivity index (χ3v) is 4.37. The minimum atomic E-state index is 0.00546. The van der Waals surface area contributed by atoms with Crippen LogP contribution in [0.2, 0.25) is 0 Å². The number of rotatable bonds is 2. The van der Waals surface area contributed by atoms with E-state index in [9.17, 15) is 4.79 Å². The molecule has 2 aromatic heterocycles. The highest BCUT2D eigenvalue weighted by Gasteiger charge is 2.23. The number of aryl methyl sites for hydroxylation is 2. The first-order valence-corrected chi connectivity index (χ1v) is 7.75. The lowest BCUT2D eigenvalue weighted by Crippen LogP contribution is -2.35. The summed E-state index contributed by atoms with van der Waals surface area (Å²) >= 11 is 1.42. The first-order valence-electron chi connectivity index (χ1n) is 6.97. The van der Waals surface area contributed by atoms with Gasteiger partial charge in [0, 0.05) is 51.0 Å². The molecule has 0 spiro atoms. The summed E-state index contributed by atoms with van der Waals surface area (Å²) in [5.41, 5.74) is 0.512. The lowest BCUT2D eigenvalue weighted by atomic mass is 10.3. The topological polar surface area (TPSA) is 67.2 Å². The van der Waals surface area contributed by atoms with E-state index < -0.39 is 0 Å². The lowest BCUT2D eigenvalue weighted by molar-refractivity contribution is 0.0760. The average Bonchev–Trinajstić information content (AvgIpc) is 3.00. The van der Waals surface area contributed by atoms with Crippen LogP contribution >= 0.6 is 11.5 Å². The van der Waals surface area contributed by atoms with Crippen LogP contribution in [-0.4, -0.2) is 56.1 Å². The summed E-state index contributed by atoms with van der Waals surface area (Å²) in [6.45, 7) is 5.03. The Morgan fingerprint density at radius 2 is 2.14 bits per heavy atom. The third kappa shape index (κ3) is 3.05. The Morgan fingerprint density at radius 1 is 1.29 bits per heavy atom. The third-order valence-electron chi connectivity index (χ3n) is 3.50. The maximum Gasteiger partial charge on any atom is 0.274 e. The van der Waals surface area contributed by atoms with Gasteiger partial charge in [0.05, 0.1) is 0 Å². The summed E-state index contributed by atoms with van der Waals surface area (Å²) in [6, 6.07) is 1.76. The molecule has 0 saturated carbocycles. The molecule has 2 aromatic rings. The van der Waals surface area contributed by atoms with Crippen LogP contribution in [0.3, 0.4) is 0 Å². The van der Waals surface area contributed by atoms with Crippen molar-refractivity contribution in [3.63, 3.8) is 0 Å². The van der Waals surface area contributed by atoms with Crippen molar-refractivity contribution in [2.45, 2.75) is 13.3 Å². The van der Waals surface area contributed by atoms with Crippen LogP contribution in [0.15, 0.2) is 12.3 Å². The second-order valence-electron chi connectivity index (χ2n) is 5.13. The Hall–Kier alpha value is -1.96. The first kappa shape index (κ1) is 14.0. The summed E-state index contributed by atoms with van der Waals surface area (Å²) in [5, 5.41) is 5.13. The van der Waals surface area contributed by atoms with Crippen LogP contribution in [0.1, 0.15) is 22.7 Å². The van der Waals surface area contributed by atoms with E-state index in [1.807, 2.05) is 18.9 Å². The van der Waals surface area contributed by atoms with Gasteiger partial charge in [-0.25, -0.2) is 4.98 Å². The molecule has 21 heavy (non-hydrogen) atoms. The molecule has 1 aliphatic rings. The Balaban J connectivity index is 1.67. The molecule has 3 rings (SSSR count). The van der Waals surface area contributed by atoms with Gasteiger partial charge in [0.15, 0.2) is 0 Å². The molecule has 0 atom stereocenters. The van der Waals surface area contributed by atoms with E-state index in [2.05, 4.69) is 19.4 Å². The van der Waals surface area contributed by atoms with Crippen molar-refractivity contribution in [3.8, 4) is 0 Å². The van der Waals surface area contributed by atoms with E-state index >= 15 is 0 Å². The number of aromatic nitrogens is 4. The van der Waals surface area contributed by atoms with Crippen molar-refractivity contribution in [2.75, 3.05) is 31.1 Å². The zero-order chi connectivity index (χ0) is 14.8. The number of anilines is 1. The standard InChI is InChI=1S/C13H18N6OS/c1-10-14-13(21-16-10)19-6-3-5-18(8-9-19)12(20)11-4-7-17(2)15-11/h4,7H,3,5-6,8-9H2,1-2H3. The zero-order valence-electron chi connectivity index (χ0n) is 12.2. The molecule has 0 radical (unpaired) electrons. The summed E-state index contributed by atoms with van der Waals surface area (Å²) in [4.78, 5) is 20.9. The fourth-order valence-electron chi connectivity index (χ4n) is 2.42. The molecule has 7 nitrogen and oxygen atoms in total. The second-order valence-corrected chi connectivity index (χ2v) is 5.86. The van der Waals surface area contributed by atoms with Gasteiger partial charge in [-0.2, -0.15) is 9.47 Å².